The number of rotatable bonds is 4. The minimum absolute atomic E-state index is 0.00357. The lowest BCUT2D eigenvalue weighted by molar-refractivity contribution is 0.0786. The second kappa shape index (κ2) is 8.02. The third-order valence-electron chi connectivity index (χ3n) is 5.74. The molecule has 2 fully saturated rings. The van der Waals surface area contributed by atoms with Crippen molar-refractivity contribution in [2.45, 2.75) is 12.3 Å². The number of hydrogen-bond donors (Lipinski definition) is 2. The number of nitrogens with two attached hydrogens (primary N) is 1. The van der Waals surface area contributed by atoms with Crippen LogP contribution >= 0.6 is 0 Å². The lowest BCUT2D eigenvalue weighted by Gasteiger charge is -2.28. The van der Waals surface area contributed by atoms with Crippen molar-refractivity contribution in [1.82, 2.24) is 10.2 Å². The predicted octanol–water partition coefficient (Wildman–Crippen LogP) is 2.42. The third-order valence-corrected chi connectivity index (χ3v) is 5.74. The lowest BCUT2D eigenvalue weighted by Crippen LogP contribution is -2.46. The molecule has 3 amide bonds. The van der Waals surface area contributed by atoms with Crippen molar-refractivity contribution in [3.8, 4) is 0 Å². The Morgan fingerprint density at radius 1 is 1.11 bits per heavy atom. The predicted molar refractivity (Wildman–Crippen MR) is 109 cm³/mol. The summed E-state index contributed by atoms with van der Waals surface area (Å²) in [6.45, 7) is 3.24. The van der Waals surface area contributed by atoms with Gasteiger partial charge in [-0.15, -0.1) is 0 Å². The number of benzene rings is 2. The second-order valence-electron chi connectivity index (χ2n) is 7.51. The van der Waals surface area contributed by atoms with Crippen LogP contribution in [0.15, 0.2) is 54.6 Å². The first-order valence-electron chi connectivity index (χ1n) is 9.87. The monoisotopic (exact) mass is 378 g/mol. The number of amides is 3. The Kier molecular flexibility index (Phi) is 5.30. The summed E-state index contributed by atoms with van der Waals surface area (Å²) >= 11 is 0. The Bertz CT molecular complexity index is 855. The first kappa shape index (κ1) is 18.5. The summed E-state index contributed by atoms with van der Waals surface area (Å²) in [5, 5.41) is 2.85. The largest absolute Gasteiger partial charge is 0.338 e. The van der Waals surface area contributed by atoms with Crippen LogP contribution in [0.25, 0.3) is 0 Å². The highest BCUT2D eigenvalue weighted by Crippen LogP contribution is 2.33. The molecule has 2 saturated heterocycles. The van der Waals surface area contributed by atoms with Gasteiger partial charge in [-0.25, -0.2) is 4.79 Å². The first-order valence-corrected chi connectivity index (χ1v) is 9.87. The minimum Gasteiger partial charge on any atom is -0.338 e. The van der Waals surface area contributed by atoms with Crippen molar-refractivity contribution < 1.29 is 9.59 Å². The molecule has 0 unspecified atom stereocenters. The van der Waals surface area contributed by atoms with Gasteiger partial charge in [0.25, 0.3) is 5.91 Å². The van der Waals surface area contributed by atoms with Crippen LogP contribution in [0.3, 0.4) is 0 Å². The van der Waals surface area contributed by atoms with Gasteiger partial charge in [-0.1, -0.05) is 36.4 Å². The summed E-state index contributed by atoms with van der Waals surface area (Å²) in [5.41, 5.74) is 8.61. The molecular formula is C22H26N4O2. The molecule has 146 valence electrons. The summed E-state index contributed by atoms with van der Waals surface area (Å²) < 4.78 is 0. The van der Waals surface area contributed by atoms with Gasteiger partial charge in [0.05, 0.1) is 0 Å². The second-order valence-corrected chi connectivity index (χ2v) is 7.51. The van der Waals surface area contributed by atoms with Crippen molar-refractivity contribution in [2.75, 3.05) is 37.6 Å². The smallest absolute Gasteiger partial charge is 0.321 e. The molecule has 2 aromatic carbocycles. The van der Waals surface area contributed by atoms with Crippen LogP contribution in [0.2, 0.25) is 0 Å². The summed E-state index contributed by atoms with van der Waals surface area (Å²) in [4.78, 5) is 28.9. The minimum atomic E-state index is -0.107. The molecule has 2 heterocycles. The van der Waals surface area contributed by atoms with E-state index < -0.39 is 0 Å². The van der Waals surface area contributed by atoms with Crippen molar-refractivity contribution in [3.05, 3.63) is 65.7 Å². The number of urea groups is 1. The van der Waals surface area contributed by atoms with Crippen LogP contribution in [0.1, 0.15) is 28.3 Å². The molecule has 0 aromatic heterocycles. The van der Waals surface area contributed by atoms with Crippen molar-refractivity contribution in [1.29, 1.82) is 0 Å². The summed E-state index contributed by atoms with van der Waals surface area (Å²) in [7, 11) is 0. The lowest BCUT2D eigenvalue weighted by atomic mass is 9.89. The van der Waals surface area contributed by atoms with E-state index in [9.17, 15) is 9.59 Å². The SMILES string of the molecule is NC[C@@H]1CN(C(=O)c2cccc(N3CCCNC3=O)c2)C[C@H]1c1ccccc1. The van der Waals surface area contributed by atoms with E-state index in [-0.39, 0.29) is 23.8 Å². The maximum absolute atomic E-state index is 13.2. The number of nitrogens with one attached hydrogen (secondary N) is 1. The van der Waals surface area contributed by atoms with Gasteiger partial charge in [-0.2, -0.15) is 0 Å². The highest BCUT2D eigenvalue weighted by molar-refractivity contribution is 5.98. The maximum atomic E-state index is 13.2. The number of carbonyl (C=O) groups excluding carboxylic acids is 2. The van der Waals surface area contributed by atoms with E-state index in [0.29, 0.717) is 38.3 Å². The molecule has 6 heteroatoms. The number of hydrogen-bond acceptors (Lipinski definition) is 3. The van der Waals surface area contributed by atoms with E-state index in [1.165, 1.54) is 5.56 Å². The zero-order valence-corrected chi connectivity index (χ0v) is 15.9. The fourth-order valence-electron chi connectivity index (χ4n) is 4.22. The third kappa shape index (κ3) is 3.60. The van der Waals surface area contributed by atoms with Crippen molar-refractivity contribution >= 4 is 17.6 Å². The quantitative estimate of drug-likeness (QED) is 0.858. The van der Waals surface area contributed by atoms with E-state index >= 15 is 0 Å². The molecule has 0 spiro atoms. The van der Waals surface area contributed by atoms with Gasteiger partial charge < -0.3 is 16.0 Å². The molecule has 2 atom stereocenters. The van der Waals surface area contributed by atoms with Gasteiger partial charge in [-0.3, -0.25) is 9.69 Å². The van der Waals surface area contributed by atoms with Gasteiger partial charge >= 0.3 is 6.03 Å². The van der Waals surface area contributed by atoms with Crippen LogP contribution in [-0.4, -0.2) is 49.6 Å². The molecule has 2 aromatic rings. The highest BCUT2D eigenvalue weighted by Gasteiger charge is 2.35. The van der Waals surface area contributed by atoms with Crippen molar-refractivity contribution in [3.63, 3.8) is 0 Å². The van der Waals surface area contributed by atoms with E-state index in [2.05, 4.69) is 17.4 Å². The molecule has 4 rings (SSSR count). The molecule has 28 heavy (non-hydrogen) atoms. The Hall–Kier alpha value is -2.86. The number of carbonyl (C=O) groups is 2. The molecule has 2 aliphatic rings. The van der Waals surface area contributed by atoms with Gasteiger partial charge in [0.2, 0.25) is 0 Å². The fourth-order valence-corrected chi connectivity index (χ4v) is 4.22. The molecular weight excluding hydrogens is 352 g/mol. The van der Waals surface area contributed by atoms with E-state index in [1.54, 1.807) is 4.90 Å². The van der Waals surface area contributed by atoms with Crippen LogP contribution < -0.4 is 16.0 Å². The van der Waals surface area contributed by atoms with Crippen LogP contribution in [0.5, 0.6) is 0 Å². The van der Waals surface area contributed by atoms with Gasteiger partial charge in [0.1, 0.15) is 0 Å². The van der Waals surface area contributed by atoms with E-state index in [1.807, 2.05) is 47.4 Å². The molecule has 0 bridgehead atoms. The van der Waals surface area contributed by atoms with Crippen molar-refractivity contribution in [2.24, 2.45) is 11.7 Å². The zero-order chi connectivity index (χ0) is 19.5. The van der Waals surface area contributed by atoms with Crippen LogP contribution in [0, 0.1) is 5.92 Å². The van der Waals surface area contributed by atoms with E-state index in [0.717, 1.165) is 12.1 Å². The molecule has 6 nitrogen and oxygen atoms in total. The summed E-state index contributed by atoms with van der Waals surface area (Å²) in [6.07, 6.45) is 0.896. The summed E-state index contributed by atoms with van der Waals surface area (Å²) in [6, 6.07) is 17.5. The number of anilines is 1. The number of nitrogens with zero attached hydrogens (tertiary/aromatic N) is 2. The molecule has 3 N–H and O–H groups in total. The Morgan fingerprint density at radius 2 is 1.93 bits per heavy atom. The van der Waals surface area contributed by atoms with Crippen LogP contribution in [0.4, 0.5) is 10.5 Å². The van der Waals surface area contributed by atoms with Gasteiger partial charge in [0.15, 0.2) is 0 Å². The average molecular weight is 378 g/mol. The maximum Gasteiger partial charge on any atom is 0.321 e. The van der Waals surface area contributed by atoms with Gasteiger partial charge in [-0.05, 0) is 42.6 Å². The van der Waals surface area contributed by atoms with Crippen LogP contribution in [-0.2, 0) is 0 Å². The average Bonchev–Trinajstić information content (AvgIpc) is 3.19. The first-order chi connectivity index (χ1) is 13.7. The topological polar surface area (TPSA) is 78.7 Å². The standard InChI is InChI=1S/C22H26N4O2/c23-13-18-14-25(15-20(18)16-6-2-1-3-7-16)21(27)17-8-4-9-19(12-17)26-11-5-10-24-22(26)28/h1-4,6-9,12,18,20H,5,10-11,13-15,23H2,(H,24,28)/t18-,20+/m1/s1. The molecule has 0 aliphatic carbocycles. The Balaban J connectivity index is 1.53. The Morgan fingerprint density at radius 3 is 2.68 bits per heavy atom. The van der Waals surface area contributed by atoms with E-state index in [4.69, 9.17) is 5.73 Å². The fraction of sp³-hybridized carbons (Fsp3) is 0.364. The molecule has 2 aliphatic heterocycles. The Labute approximate surface area is 165 Å². The van der Waals surface area contributed by atoms with Gasteiger partial charge in [0, 0.05) is 43.3 Å². The normalized spacial score (nSPS) is 22.2. The number of likely N-dealkylation sites (tertiary alicyclic amines) is 1. The highest BCUT2D eigenvalue weighted by atomic mass is 16.2. The molecule has 0 saturated carbocycles. The molecule has 0 radical (unpaired) electrons. The zero-order valence-electron chi connectivity index (χ0n) is 15.9. The summed E-state index contributed by atoms with van der Waals surface area (Å²) in [5.74, 6) is 0.504.